The Morgan fingerprint density at radius 3 is 2.19 bits per heavy atom. The first-order valence-corrected chi connectivity index (χ1v) is 16.9. The Kier molecular flexibility index (Phi) is 7.62. The molecule has 0 unspecified atom stereocenters. The molecule has 0 N–H and O–H groups in total. The Balaban J connectivity index is 1.24. The van der Waals surface area contributed by atoms with E-state index in [1.165, 1.54) is 44.4 Å². The highest BCUT2D eigenvalue weighted by molar-refractivity contribution is 6.09. The van der Waals surface area contributed by atoms with Gasteiger partial charge in [-0.2, -0.15) is 0 Å². The van der Waals surface area contributed by atoms with Crippen molar-refractivity contribution in [2.45, 2.75) is 67.7 Å². The molecule has 0 aliphatic carbocycles. The summed E-state index contributed by atoms with van der Waals surface area (Å²) in [6.45, 7) is 21.0. The SMILES string of the molecule is Cc1ccc(N2CN(c3cccc(Oc4ccc5c6ccccc6n(-c6cc(C(C)(C)C)ccn6)c5c4)c3)C=C2C(C)(C)C)c(C)c1C. The Morgan fingerprint density at radius 1 is 0.667 bits per heavy atom. The molecule has 6 aromatic rings. The van der Waals surface area contributed by atoms with Gasteiger partial charge in [0.05, 0.1) is 17.7 Å². The van der Waals surface area contributed by atoms with Crippen LogP contribution in [-0.4, -0.2) is 16.2 Å². The van der Waals surface area contributed by atoms with Crippen molar-refractivity contribution in [3.05, 3.63) is 131 Å². The number of benzene rings is 4. The largest absolute Gasteiger partial charge is 0.457 e. The molecular formula is C43H46N4O. The van der Waals surface area contributed by atoms with E-state index in [4.69, 9.17) is 9.72 Å². The minimum atomic E-state index is -0.0246. The number of fused-ring (bicyclic) bond motifs is 3. The lowest BCUT2D eigenvalue weighted by molar-refractivity contribution is 0.483. The van der Waals surface area contributed by atoms with Crippen LogP contribution >= 0.6 is 0 Å². The second-order valence-corrected chi connectivity index (χ2v) is 15.2. The molecule has 48 heavy (non-hydrogen) atoms. The molecule has 5 nitrogen and oxygen atoms in total. The molecule has 0 radical (unpaired) electrons. The first kappa shape index (κ1) is 31.6. The number of anilines is 2. The summed E-state index contributed by atoms with van der Waals surface area (Å²) >= 11 is 0. The highest BCUT2D eigenvalue weighted by atomic mass is 16.5. The van der Waals surface area contributed by atoms with Gasteiger partial charge in [-0.1, -0.05) is 71.9 Å². The van der Waals surface area contributed by atoms with Crippen molar-refractivity contribution in [2.24, 2.45) is 5.41 Å². The normalized spacial score (nSPS) is 13.9. The molecule has 7 rings (SSSR count). The van der Waals surface area contributed by atoms with Gasteiger partial charge in [0.2, 0.25) is 0 Å². The number of para-hydroxylation sites is 1. The molecule has 0 amide bonds. The van der Waals surface area contributed by atoms with Gasteiger partial charge in [-0.15, -0.1) is 0 Å². The fourth-order valence-electron chi connectivity index (χ4n) is 6.81. The standard InChI is InChI=1S/C43H46N4O/c1-28-17-20-37(30(3)29(28)2)46-27-45(26-40(46)43(7,8)9)32-13-12-14-33(24-32)48-34-18-19-36-35-15-10-11-16-38(35)47(39(36)25-34)41-23-31(21-22-44-41)42(4,5)6/h10-26H,27H2,1-9H3. The van der Waals surface area contributed by atoms with Crippen LogP contribution in [0.2, 0.25) is 0 Å². The summed E-state index contributed by atoms with van der Waals surface area (Å²) in [5.74, 6) is 2.50. The summed E-state index contributed by atoms with van der Waals surface area (Å²) in [7, 11) is 0. The van der Waals surface area contributed by atoms with Gasteiger partial charge in [0.15, 0.2) is 0 Å². The monoisotopic (exact) mass is 634 g/mol. The Labute approximate surface area is 285 Å². The molecule has 5 heteroatoms. The fourth-order valence-corrected chi connectivity index (χ4v) is 6.81. The second kappa shape index (κ2) is 11.6. The molecule has 0 bridgehead atoms. The minimum absolute atomic E-state index is 0.0167. The average molecular weight is 635 g/mol. The predicted octanol–water partition coefficient (Wildman–Crippen LogP) is 11.4. The van der Waals surface area contributed by atoms with Crippen molar-refractivity contribution in [1.82, 2.24) is 9.55 Å². The lowest BCUT2D eigenvalue weighted by Gasteiger charge is -2.32. The number of ether oxygens (including phenoxy) is 1. The van der Waals surface area contributed by atoms with E-state index in [-0.39, 0.29) is 10.8 Å². The first-order chi connectivity index (χ1) is 22.8. The lowest BCUT2D eigenvalue weighted by atomic mass is 9.88. The fraction of sp³-hybridized carbons (Fsp3) is 0.279. The predicted molar refractivity (Wildman–Crippen MR) is 202 cm³/mol. The number of allylic oxidation sites excluding steroid dienone is 1. The van der Waals surface area contributed by atoms with Crippen LogP contribution in [0.15, 0.2) is 109 Å². The summed E-state index contributed by atoms with van der Waals surface area (Å²) in [6.07, 6.45) is 4.22. The summed E-state index contributed by atoms with van der Waals surface area (Å²) in [5.41, 5.74) is 11.1. The Hall–Kier alpha value is -5.03. The third kappa shape index (κ3) is 5.61. The van der Waals surface area contributed by atoms with Crippen molar-refractivity contribution in [1.29, 1.82) is 0 Å². The number of rotatable bonds is 5. The molecule has 2 aromatic heterocycles. The van der Waals surface area contributed by atoms with Crippen molar-refractivity contribution in [2.75, 3.05) is 16.5 Å². The van der Waals surface area contributed by atoms with Crippen molar-refractivity contribution >= 4 is 33.2 Å². The third-order valence-electron chi connectivity index (χ3n) is 9.82. The smallest absolute Gasteiger partial charge is 0.137 e. The van der Waals surface area contributed by atoms with E-state index < -0.39 is 0 Å². The number of aryl methyl sites for hydroxylation is 1. The van der Waals surface area contributed by atoms with Gasteiger partial charge in [0.25, 0.3) is 0 Å². The van der Waals surface area contributed by atoms with Crippen molar-refractivity contribution in [3.63, 3.8) is 0 Å². The van der Waals surface area contributed by atoms with E-state index in [1.807, 2.05) is 12.3 Å². The van der Waals surface area contributed by atoms with Gasteiger partial charge >= 0.3 is 0 Å². The summed E-state index contributed by atoms with van der Waals surface area (Å²) in [4.78, 5) is 9.63. The van der Waals surface area contributed by atoms with Crippen LogP contribution < -0.4 is 14.5 Å². The van der Waals surface area contributed by atoms with Gasteiger partial charge in [0.1, 0.15) is 17.3 Å². The van der Waals surface area contributed by atoms with Gasteiger partial charge in [-0.25, -0.2) is 4.98 Å². The zero-order valence-electron chi connectivity index (χ0n) is 29.7. The van der Waals surface area contributed by atoms with Crippen LogP contribution in [0.3, 0.4) is 0 Å². The van der Waals surface area contributed by atoms with E-state index in [9.17, 15) is 0 Å². The molecule has 0 saturated heterocycles. The quantitative estimate of drug-likeness (QED) is 0.189. The molecule has 3 heterocycles. The first-order valence-electron chi connectivity index (χ1n) is 16.9. The number of hydrogen-bond donors (Lipinski definition) is 0. The van der Waals surface area contributed by atoms with Crippen LogP contribution in [0.1, 0.15) is 63.8 Å². The molecule has 1 aliphatic heterocycles. The van der Waals surface area contributed by atoms with Crippen LogP contribution in [0, 0.1) is 26.2 Å². The van der Waals surface area contributed by atoms with Gasteiger partial charge in [-0.05, 0) is 97.0 Å². The maximum absolute atomic E-state index is 6.61. The third-order valence-corrected chi connectivity index (χ3v) is 9.82. The van der Waals surface area contributed by atoms with Crippen LogP contribution in [0.5, 0.6) is 11.5 Å². The second-order valence-electron chi connectivity index (χ2n) is 15.2. The molecule has 0 fully saturated rings. The van der Waals surface area contributed by atoms with Crippen molar-refractivity contribution in [3.8, 4) is 17.3 Å². The summed E-state index contributed by atoms with van der Waals surface area (Å²) < 4.78 is 8.87. The maximum Gasteiger partial charge on any atom is 0.137 e. The van der Waals surface area contributed by atoms with Gasteiger partial charge < -0.3 is 14.5 Å². The van der Waals surface area contributed by atoms with Gasteiger partial charge in [-0.3, -0.25) is 4.57 Å². The van der Waals surface area contributed by atoms with Crippen LogP contribution in [0.25, 0.3) is 27.6 Å². The van der Waals surface area contributed by atoms with Gasteiger partial charge in [0, 0.05) is 57.8 Å². The molecule has 1 aliphatic rings. The number of nitrogens with zero attached hydrogens (tertiary/aromatic N) is 4. The molecule has 244 valence electrons. The Morgan fingerprint density at radius 2 is 1.42 bits per heavy atom. The van der Waals surface area contributed by atoms with Crippen LogP contribution in [0.4, 0.5) is 11.4 Å². The van der Waals surface area contributed by atoms with E-state index >= 15 is 0 Å². The number of hydrogen-bond acceptors (Lipinski definition) is 4. The van der Waals surface area contributed by atoms with E-state index in [2.05, 4.69) is 168 Å². The van der Waals surface area contributed by atoms with E-state index in [0.717, 1.165) is 40.7 Å². The average Bonchev–Trinajstić information content (AvgIpc) is 3.64. The molecule has 0 atom stereocenters. The maximum atomic E-state index is 6.61. The van der Waals surface area contributed by atoms with Crippen LogP contribution in [-0.2, 0) is 5.41 Å². The lowest BCUT2D eigenvalue weighted by Crippen LogP contribution is -2.31. The topological polar surface area (TPSA) is 33.5 Å². The number of aromatic nitrogens is 2. The summed E-state index contributed by atoms with van der Waals surface area (Å²) in [6, 6.07) is 32.2. The van der Waals surface area contributed by atoms with Crippen molar-refractivity contribution < 1.29 is 4.74 Å². The molecule has 0 saturated carbocycles. The minimum Gasteiger partial charge on any atom is -0.457 e. The molecular weight excluding hydrogens is 589 g/mol. The molecule has 0 spiro atoms. The van der Waals surface area contributed by atoms with E-state index in [1.54, 1.807) is 0 Å². The Bertz CT molecular complexity index is 2210. The number of pyridine rings is 1. The zero-order chi connectivity index (χ0) is 34.0. The highest BCUT2D eigenvalue weighted by Gasteiger charge is 2.32. The summed E-state index contributed by atoms with van der Waals surface area (Å²) in [5, 5.41) is 2.37. The van der Waals surface area contributed by atoms with E-state index in [0.29, 0.717) is 0 Å². The highest BCUT2D eigenvalue weighted by Crippen LogP contribution is 2.41. The zero-order valence-corrected chi connectivity index (χ0v) is 29.7. The molecule has 4 aromatic carbocycles.